The fourth-order valence-electron chi connectivity index (χ4n) is 6.53. The summed E-state index contributed by atoms with van der Waals surface area (Å²) in [6.45, 7) is 4.78. The molecule has 2 N–H and O–H groups in total. The fraction of sp³-hybridized carbons (Fsp3) is 0.452. The molecular formula is C31H34ClF3N6O3. The third kappa shape index (κ3) is 6.15. The summed E-state index contributed by atoms with van der Waals surface area (Å²) >= 11 is 6.16. The maximum atomic E-state index is 13.2. The number of aliphatic hydroxyl groups is 1. The van der Waals surface area contributed by atoms with E-state index in [1.54, 1.807) is 15.6 Å². The third-order valence-corrected chi connectivity index (χ3v) is 9.02. The number of hydrogen-bond acceptors (Lipinski definition) is 5. The monoisotopic (exact) mass is 630 g/mol. The number of aromatic nitrogens is 2. The van der Waals surface area contributed by atoms with Crippen LogP contribution in [0.5, 0.6) is 0 Å². The number of fused-ring (bicyclic) bond motifs is 2. The standard InChI is InChI=1S/C31H34ClF3N6O3/c1-19(42)39-13-10-28-26(18-39)29(20-2-4-22(5-3-20)31(33,34)35)37-40(28)17-25(43)16-38-11-8-24(9-12-38)41-27-7-6-23(32)14-21(27)15-36-30(41)44/h2-7,14,24-25,43H,8-13,15-18H2,1H3,(H,36,44). The molecule has 2 aromatic carbocycles. The lowest BCUT2D eigenvalue weighted by atomic mass is 9.99. The van der Waals surface area contributed by atoms with Crippen molar-refractivity contribution in [2.24, 2.45) is 0 Å². The van der Waals surface area contributed by atoms with E-state index < -0.39 is 17.8 Å². The molecule has 0 bridgehead atoms. The molecule has 3 aliphatic heterocycles. The van der Waals surface area contributed by atoms with Crippen LogP contribution in [0.2, 0.25) is 5.02 Å². The van der Waals surface area contributed by atoms with Crippen LogP contribution in [0.15, 0.2) is 42.5 Å². The number of piperidine rings is 1. The molecule has 1 aromatic heterocycles. The van der Waals surface area contributed by atoms with Crippen LogP contribution >= 0.6 is 11.6 Å². The number of hydrogen-bond donors (Lipinski definition) is 2. The maximum Gasteiger partial charge on any atom is 0.416 e. The number of alkyl halides is 3. The number of aliphatic hydroxyl groups excluding tert-OH is 1. The molecule has 13 heteroatoms. The van der Waals surface area contributed by atoms with Gasteiger partial charge in [0.15, 0.2) is 0 Å². The molecule has 1 fully saturated rings. The predicted octanol–water partition coefficient (Wildman–Crippen LogP) is 4.68. The van der Waals surface area contributed by atoms with E-state index in [2.05, 4.69) is 10.2 Å². The Hall–Kier alpha value is -3.61. The SMILES string of the molecule is CC(=O)N1CCc2c(c(-c3ccc(C(F)(F)F)cc3)nn2CC(O)CN2CCC(N3C(=O)NCc4cc(Cl)ccc43)CC2)C1. The highest BCUT2D eigenvalue weighted by Crippen LogP contribution is 2.35. The first-order chi connectivity index (χ1) is 21.0. The molecule has 0 saturated carbocycles. The van der Waals surface area contributed by atoms with Gasteiger partial charge < -0.3 is 20.2 Å². The molecule has 234 valence electrons. The van der Waals surface area contributed by atoms with Crippen LogP contribution in [0.3, 0.4) is 0 Å². The molecule has 1 atom stereocenters. The Kier molecular flexibility index (Phi) is 8.33. The molecule has 6 rings (SSSR count). The molecule has 44 heavy (non-hydrogen) atoms. The lowest BCUT2D eigenvalue weighted by Gasteiger charge is -2.41. The quantitative estimate of drug-likeness (QED) is 0.413. The lowest BCUT2D eigenvalue weighted by Crippen LogP contribution is -2.54. The normalized spacial score (nSPS) is 18.5. The van der Waals surface area contributed by atoms with E-state index >= 15 is 0 Å². The summed E-state index contributed by atoms with van der Waals surface area (Å²) in [5, 5.41) is 19.4. The second-order valence-electron chi connectivity index (χ2n) is 11.7. The van der Waals surface area contributed by atoms with Crippen LogP contribution in [0, 0.1) is 0 Å². The van der Waals surface area contributed by atoms with Gasteiger partial charge in [-0.1, -0.05) is 23.7 Å². The van der Waals surface area contributed by atoms with E-state index in [9.17, 15) is 27.9 Å². The van der Waals surface area contributed by atoms with E-state index in [4.69, 9.17) is 16.7 Å². The van der Waals surface area contributed by atoms with E-state index in [-0.39, 0.29) is 24.5 Å². The van der Waals surface area contributed by atoms with Gasteiger partial charge in [0.25, 0.3) is 0 Å². The van der Waals surface area contributed by atoms with Gasteiger partial charge in [-0.25, -0.2) is 4.79 Å². The highest BCUT2D eigenvalue weighted by Gasteiger charge is 2.34. The van der Waals surface area contributed by atoms with Crippen molar-refractivity contribution in [3.63, 3.8) is 0 Å². The van der Waals surface area contributed by atoms with Crippen molar-refractivity contribution >= 4 is 29.2 Å². The van der Waals surface area contributed by atoms with Gasteiger partial charge in [0, 0.05) is 80.5 Å². The first-order valence-corrected chi connectivity index (χ1v) is 15.1. The smallest absolute Gasteiger partial charge is 0.390 e. The van der Waals surface area contributed by atoms with E-state index in [0.29, 0.717) is 62.0 Å². The summed E-state index contributed by atoms with van der Waals surface area (Å²) < 4.78 is 41.2. The van der Waals surface area contributed by atoms with Gasteiger partial charge >= 0.3 is 12.2 Å². The number of benzene rings is 2. The molecule has 3 amide bonds. The van der Waals surface area contributed by atoms with E-state index in [1.165, 1.54) is 19.1 Å². The highest BCUT2D eigenvalue weighted by atomic mass is 35.5. The zero-order valence-corrected chi connectivity index (χ0v) is 25.0. The molecule has 0 aliphatic carbocycles. The molecule has 0 radical (unpaired) electrons. The summed E-state index contributed by atoms with van der Waals surface area (Å²) in [7, 11) is 0. The minimum absolute atomic E-state index is 0.0252. The van der Waals surface area contributed by atoms with Crippen molar-refractivity contribution in [2.45, 2.75) is 64.1 Å². The van der Waals surface area contributed by atoms with Gasteiger partial charge in [0.2, 0.25) is 5.91 Å². The van der Waals surface area contributed by atoms with Gasteiger partial charge in [-0.05, 0) is 48.7 Å². The number of amides is 3. The molecular weight excluding hydrogens is 597 g/mol. The molecule has 1 unspecified atom stereocenters. The zero-order chi connectivity index (χ0) is 31.2. The molecule has 3 aliphatic rings. The summed E-state index contributed by atoms with van der Waals surface area (Å²) in [4.78, 5) is 30.6. The van der Waals surface area contributed by atoms with Crippen LogP contribution in [0.1, 0.15) is 42.1 Å². The van der Waals surface area contributed by atoms with E-state index in [1.807, 2.05) is 17.0 Å². The average molecular weight is 631 g/mol. The number of likely N-dealkylation sites (tertiary alicyclic amines) is 1. The topological polar surface area (TPSA) is 93.9 Å². The number of rotatable bonds is 6. The summed E-state index contributed by atoms with van der Waals surface area (Å²) in [6.07, 6.45) is -3.16. The Morgan fingerprint density at radius 3 is 2.52 bits per heavy atom. The number of nitrogens with zero attached hydrogens (tertiary/aromatic N) is 5. The number of carbonyl (C=O) groups excluding carboxylic acids is 2. The van der Waals surface area contributed by atoms with Crippen molar-refractivity contribution in [1.82, 2.24) is 24.9 Å². The van der Waals surface area contributed by atoms with E-state index in [0.717, 1.165) is 47.5 Å². The molecule has 3 aromatic rings. The highest BCUT2D eigenvalue weighted by molar-refractivity contribution is 6.30. The van der Waals surface area contributed by atoms with Crippen molar-refractivity contribution in [3.8, 4) is 11.3 Å². The molecule has 0 spiro atoms. The number of urea groups is 1. The number of β-amino-alcohol motifs (C(OH)–C–C–N with tert-alkyl or cyclic N) is 1. The average Bonchev–Trinajstić information content (AvgIpc) is 3.34. The lowest BCUT2D eigenvalue weighted by molar-refractivity contribution is -0.137. The Morgan fingerprint density at radius 1 is 1.11 bits per heavy atom. The van der Waals surface area contributed by atoms with Gasteiger partial charge in [-0.2, -0.15) is 18.3 Å². The number of halogens is 4. The first kappa shape index (κ1) is 30.4. The van der Waals surface area contributed by atoms with Gasteiger partial charge in [0.1, 0.15) is 0 Å². The Labute approximate surface area is 258 Å². The van der Waals surface area contributed by atoms with Crippen molar-refractivity contribution in [2.75, 3.05) is 31.1 Å². The number of nitrogens with one attached hydrogen (secondary N) is 1. The fourth-order valence-corrected chi connectivity index (χ4v) is 6.73. The van der Waals surface area contributed by atoms with Gasteiger partial charge in [-0.15, -0.1) is 0 Å². The third-order valence-electron chi connectivity index (χ3n) is 8.79. The van der Waals surface area contributed by atoms with Crippen LogP contribution in [0.25, 0.3) is 11.3 Å². The molecule has 1 saturated heterocycles. The van der Waals surface area contributed by atoms with Crippen molar-refractivity contribution in [3.05, 3.63) is 69.9 Å². The zero-order valence-electron chi connectivity index (χ0n) is 24.3. The Morgan fingerprint density at radius 2 is 1.84 bits per heavy atom. The van der Waals surface area contributed by atoms with Crippen LogP contribution in [0.4, 0.5) is 23.7 Å². The van der Waals surface area contributed by atoms with Crippen molar-refractivity contribution < 1.29 is 27.9 Å². The summed E-state index contributed by atoms with van der Waals surface area (Å²) in [5.74, 6) is -0.0838. The predicted molar refractivity (Wildman–Crippen MR) is 159 cm³/mol. The largest absolute Gasteiger partial charge is 0.416 e. The van der Waals surface area contributed by atoms with Crippen LogP contribution in [-0.2, 0) is 37.0 Å². The van der Waals surface area contributed by atoms with Crippen LogP contribution < -0.4 is 10.2 Å². The summed E-state index contributed by atoms with van der Waals surface area (Å²) in [6, 6.07) is 10.3. The molecule has 4 heterocycles. The first-order valence-electron chi connectivity index (χ1n) is 14.8. The van der Waals surface area contributed by atoms with Gasteiger partial charge in [-0.3, -0.25) is 14.4 Å². The minimum atomic E-state index is -4.44. The summed E-state index contributed by atoms with van der Waals surface area (Å²) in [5.41, 5.74) is 3.85. The second-order valence-corrected chi connectivity index (χ2v) is 12.1. The number of carbonyl (C=O) groups is 2. The maximum absolute atomic E-state index is 13.2. The van der Waals surface area contributed by atoms with Crippen LogP contribution in [-0.4, -0.2) is 74.9 Å². The minimum Gasteiger partial charge on any atom is -0.390 e. The Bertz CT molecular complexity index is 1550. The Balaban J connectivity index is 1.14. The second kappa shape index (κ2) is 12.1. The van der Waals surface area contributed by atoms with Gasteiger partial charge in [0.05, 0.1) is 29.6 Å². The van der Waals surface area contributed by atoms with Crippen molar-refractivity contribution in [1.29, 1.82) is 0 Å². The molecule has 9 nitrogen and oxygen atoms in total. The number of anilines is 1.